The van der Waals surface area contributed by atoms with Crippen LogP contribution in [0.3, 0.4) is 0 Å². The van der Waals surface area contributed by atoms with Crippen molar-refractivity contribution in [2.75, 3.05) is 5.75 Å². The summed E-state index contributed by atoms with van der Waals surface area (Å²) < 4.78 is 26.5. The van der Waals surface area contributed by atoms with E-state index in [1.165, 1.54) is 24.3 Å². The van der Waals surface area contributed by atoms with Crippen LogP contribution in [0, 0.1) is 16.0 Å². The molecule has 0 aliphatic rings. The standard InChI is InChI=1S/C33H37N3O8S/c1-23(34)27-14-10-25(11-15-27)13-18-31(37)30(17-19-32(38)39)35-33(40)28(16-12-24-6-3-2-4-7-24)22-45(43,44)21-26-8-5-9-29(20-26)36(41)42/h2-11,14-15,20,28,30H,1,12-13,16-19,21-22,34H2,(H,35,40)(H,38,39)/t28-,30-/m0/s1. The lowest BCUT2D eigenvalue weighted by Crippen LogP contribution is -2.45. The summed E-state index contributed by atoms with van der Waals surface area (Å²) in [4.78, 5) is 48.7. The summed E-state index contributed by atoms with van der Waals surface area (Å²) in [5, 5.41) is 23.1. The number of carboxylic acids is 1. The summed E-state index contributed by atoms with van der Waals surface area (Å²) in [6.07, 6.45) is 0.353. The minimum absolute atomic E-state index is 0.0211. The molecule has 0 heterocycles. The van der Waals surface area contributed by atoms with Gasteiger partial charge in [-0.05, 0) is 47.9 Å². The van der Waals surface area contributed by atoms with E-state index in [4.69, 9.17) is 5.73 Å². The first-order valence-corrected chi connectivity index (χ1v) is 16.2. The lowest BCUT2D eigenvalue weighted by atomic mass is 9.97. The lowest BCUT2D eigenvalue weighted by molar-refractivity contribution is -0.384. The average molecular weight is 636 g/mol. The van der Waals surface area contributed by atoms with Gasteiger partial charge in [-0.1, -0.05) is 73.3 Å². The third kappa shape index (κ3) is 11.6. The molecule has 3 rings (SSSR count). The predicted molar refractivity (Wildman–Crippen MR) is 171 cm³/mol. The van der Waals surface area contributed by atoms with E-state index < -0.39 is 50.1 Å². The van der Waals surface area contributed by atoms with Gasteiger partial charge in [-0.3, -0.25) is 24.5 Å². The van der Waals surface area contributed by atoms with E-state index in [1.807, 2.05) is 30.3 Å². The number of aliphatic carboxylic acids is 1. The molecule has 0 saturated carbocycles. The Morgan fingerprint density at radius 2 is 1.53 bits per heavy atom. The van der Waals surface area contributed by atoms with Gasteiger partial charge in [-0.25, -0.2) is 8.42 Å². The summed E-state index contributed by atoms with van der Waals surface area (Å²) in [5.41, 5.74) is 8.54. The molecule has 12 heteroatoms. The molecule has 4 N–H and O–H groups in total. The van der Waals surface area contributed by atoms with Crippen molar-refractivity contribution in [3.8, 4) is 0 Å². The summed E-state index contributed by atoms with van der Waals surface area (Å²) in [7, 11) is -3.94. The molecule has 3 aromatic carbocycles. The topological polar surface area (TPSA) is 187 Å². The summed E-state index contributed by atoms with van der Waals surface area (Å²) in [5.74, 6) is -4.33. The molecule has 0 aliphatic heterocycles. The van der Waals surface area contributed by atoms with Crippen LogP contribution in [0.25, 0.3) is 5.70 Å². The Hall–Kier alpha value is -4.84. The summed E-state index contributed by atoms with van der Waals surface area (Å²) in [6, 6.07) is 20.5. The van der Waals surface area contributed by atoms with E-state index in [9.17, 15) is 38.0 Å². The largest absolute Gasteiger partial charge is 0.481 e. The fourth-order valence-corrected chi connectivity index (χ4v) is 6.59. The molecule has 0 aliphatic carbocycles. The molecule has 0 bridgehead atoms. The number of benzene rings is 3. The highest BCUT2D eigenvalue weighted by molar-refractivity contribution is 7.90. The van der Waals surface area contributed by atoms with Crippen LogP contribution in [0.15, 0.2) is 85.4 Å². The van der Waals surface area contributed by atoms with Crippen molar-refractivity contribution in [1.29, 1.82) is 0 Å². The number of rotatable bonds is 18. The van der Waals surface area contributed by atoms with Crippen LogP contribution in [0.1, 0.15) is 47.9 Å². The van der Waals surface area contributed by atoms with Crippen LogP contribution in [-0.4, -0.2) is 47.9 Å². The van der Waals surface area contributed by atoms with Crippen LogP contribution in [0.5, 0.6) is 0 Å². The minimum atomic E-state index is -3.94. The van der Waals surface area contributed by atoms with Gasteiger partial charge in [-0.15, -0.1) is 0 Å². The van der Waals surface area contributed by atoms with Crippen LogP contribution in [-0.2, 0) is 42.8 Å². The number of nitro groups is 1. The molecule has 3 aromatic rings. The number of Topliss-reactive ketones (excluding diaryl/α,β-unsaturated/α-hetero) is 1. The van der Waals surface area contributed by atoms with E-state index >= 15 is 0 Å². The number of nitrogens with two attached hydrogens (primary N) is 1. The number of aryl methyl sites for hydroxylation is 2. The van der Waals surface area contributed by atoms with Crippen LogP contribution in [0.4, 0.5) is 5.69 Å². The molecule has 0 fully saturated rings. The van der Waals surface area contributed by atoms with Gasteiger partial charge in [0, 0.05) is 30.7 Å². The van der Waals surface area contributed by atoms with Crippen LogP contribution < -0.4 is 11.1 Å². The third-order valence-electron chi connectivity index (χ3n) is 7.29. The second kappa shape index (κ2) is 16.3. The molecule has 11 nitrogen and oxygen atoms in total. The Kier molecular flexibility index (Phi) is 12.5. The van der Waals surface area contributed by atoms with Crippen molar-refractivity contribution in [3.05, 3.63) is 118 Å². The number of nitrogens with one attached hydrogen (secondary N) is 1. The highest BCUT2D eigenvalue weighted by atomic mass is 32.2. The number of hydrogen-bond donors (Lipinski definition) is 3. The molecular formula is C33H37N3O8S. The maximum Gasteiger partial charge on any atom is 0.303 e. The number of nitro benzene ring substituents is 1. The number of hydrogen-bond acceptors (Lipinski definition) is 8. The first kappa shape index (κ1) is 34.6. The van der Waals surface area contributed by atoms with E-state index in [2.05, 4.69) is 11.9 Å². The van der Waals surface area contributed by atoms with Crippen molar-refractivity contribution in [3.63, 3.8) is 0 Å². The van der Waals surface area contributed by atoms with E-state index in [1.54, 1.807) is 24.3 Å². The van der Waals surface area contributed by atoms with Crippen molar-refractivity contribution < 1.29 is 32.8 Å². The zero-order chi connectivity index (χ0) is 33.0. The van der Waals surface area contributed by atoms with Gasteiger partial charge in [0.1, 0.15) is 0 Å². The molecule has 0 aromatic heterocycles. The fraction of sp³-hybridized carbons (Fsp3) is 0.303. The monoisotopic (exact) mass is 635 g/mol. The fourth-order valence-electron chi connectivity index (χ4n) is 4.85. The molecular weight excluding hydrogens is 598 g/mol. The molecule has 45 heavy (non-hydrogen) atoms. The highest BCUT2D eigenvalue weighted by Crippen LogP contribution is 2.20. The molecule has 238 valence electrons. The van der Waals surface area contributed by atoms with Crippen molar-refractivity contribution in [2.24, 2.45) is 11.7 Å². The molecule has 2 atom stereocenters. The SMILES string of the molecule is C=C(N)c1ccc(CCC(=O)[C@H](CCC(=O)O)NC(=O)[C@@H](CCc2ccccc2)CS(=O)(=O)Cc2cccc([N+](=O)[O-])c2)cc1. The first-order valence-electron chi connectivity index (χ1n) is 14.4. The third-order valence-corrected chi connectivity index (χ3v) is 8.98. The molecule has 1 amide bonds. The number of carbonyl (C=O) groups excluding carboxylic acids is 2. The van der Waals surface area contributed by atoms with Crippen LogP contribution in [0.2, 0.25) is 0 Å². The smallest absolute Gasteiger partial charge is 0.303 e. The summed E-state index contributed by atoms with van der Waals surface area (Å²) >= 11 is 0. The van der Waals surface area contributed by atoms with Gasteiger partial charge in [0.15, 0.2) is 15.6 Å². The van der Waals surface area contributed by atoms with Crippen molar-refractivity contribution in [1.82, 2.24) is 5.32 Å². The van der Waals surface area contributed by atoms with E-state index in [0.29, 0.717) is 18.5 Å². The Balaban J connectivity index is 1.77. The number of non-ortho nitro benzene ring substituents is 1. The molecule has 0 spiro atoms. The Bertz CT molecular complexity index is 1620. The Labute approximate surface area is 262 Å². The molecule has 0 radical (unpaired) electrons. The molecule has 0 unspecified atom stereocenters. The predicted octanol–water partition coefficient (Wildman–Crippen LogP) is 4.24. The number of carboxylic acid groups (broad SMARTS) is 1. The van der Waals surface area contributed by atoms with Gasteiger partial charge in [0.25, 0.3) is 5.69 Å². The minimum Gasteiger partial charge on any atom is -0.481 e. The maximum absolute atomic E-state index is 13.6. The van der Waals surface area contributed by atoms with Crippen molar-refractivity contribution in [2.45, 2.75) is 50.3 Å². The maximum atomic E-state index is 13.6. The second-order valence-corrected chi connectivity index (χ2v) is 13.0. The quantitative estimate of drug-likeness (QED) is 0.136. The zero-order valence-electron chi connectivity index (χ0n) is 24.8. The second-order valence-electron chi connectivity index (χ2n) is 10.9. The van der Waals surface area contributed by atoms with Gasteiger partial charge in [0.2, 0.25) is 5.91 Å². The number of carbonyl (C=O) groups is 3. The molecule has 0 saturated heterocycles. The Morgan fingerprint density at radius 1 is 0.889 bits per heavy atom. The zero-order valence-corrected chi connectivity index (χ0v) is 25.6. The van der Waals surface area contributed by atoms with Gasteiger partial charge >= 0.3 is 5.97 Å². The average Bonchev–Trinajstić information content (AvgIpc) is 3.00. The Morgan fingerprint density at radius 3 is 2.16 bits per heavy atom. The number of amides is 1. The number of nitrogens with zero attached hydrogens (tertiary/aromatic N) is 1. The first-order chi connectivity index (χ1) is 21.3. The number of sulfone groups is 1. The van der Waals surface area contributed by atoms with Gasteiger partial charge in [-0.2, -0.15) is 0 Å². The normalized spacial score (nSPS) is 12.5. The van der Waals surface area contributed by atoms with E-state index in [0.717, 1.165) is 16.7 Å². The highest BCUT2D eigenvalue weighted by Gasteiger charge is 2.30. The number of ketones is 1. The summed E-state index contributed by atoms with van der Waals surface area (Å²) in [6.45, 7) is 3.69. The van der Waals surface area contributed by atoms with E-state index in [-0.39, 0.29) is 42.7 Å². The van der Waals surface area contributed by atoms with Crippen molar-refractivity contribution >= 4 is 38.9 Å². The van der Waals surface area contributed by atoms with Crippen LogP contribution >= 0.6 is 0 Å². The van der Waals surface area contributed by atoms with Gasteiger partial charge < -0.3 is 16.2 Å². The lowest BCUT2D eigenvalue weighted by Gasteiger charge is -2.22. The van der Waals surface area contributed by atoms with Gasteiger partial charge in [0.05, 0.1) is 28.4 Å².